The molecule has 234 valence electrons. The summed E-state index contributed by atoms with van der Waals surface area (Å²) in [4.78, 5) is 18.8. The summed E-state index contributed by atoms with van der Waals surface area (Å²) in [7, 11) is 0. The van der Waals surface area contributed by atoms with E-state index >= 15 is 0 Å². The number of likely N-dealkylation sites (tertiary alicyclic amines) is 1. The van der Waals surface area contributed by atoms with Crippen molar-refractivity contribution in [2.75, 3.05) is 19.6 Å². The van der Waals surface area contributed by atoms with Crippen molar-refractivity contribution in [2.45, 2.75) is 56.5 Å². The summed E-state index contributed by atoms with van der Waals surface area (Å²) in [6.07, 6.45) is 4.29. The third kappa shape index (κ3) is 7.79. The summed E-state index contributed by atoms with van der Waals surface area (Å²) < 4.78 is 13.1. The number of aromatic nitrogens is 1. The molecule has 2 fully saturated rings. The van der Waals surface area contributed by atoms with Crippen molar-refractivity contribution in [3.05, 3.63) is 136 Å². The number of rotatable bonds is 9. The number of amides is 1. The number of carbonyl (C=O) groups excluding carboxylic acids is 1. The van der Waals surface area contributed by atoms with Gasteiger partial charge < -0.3 is 29.9 Å². The largest absolute Gasteiger partial charge is 0.392 e. The van der Waals surface area contributed by atoms with Crippen molar-refractivity contribution in [3.63, 3.8) is 0 Å². The lowest BCUT2D eigenvalue weighted by Crippen LogP contribution is -2.46. The number of hydrogen-bond donors (Lipinski definition) is 3. The van der Waals surface area contributed by atoms with Crippen LogP contribution in [0, 0.1) is 0 Å². The molecule has 45 heavy (non-hydrogen) atoms. The van der Waals surface area contributed by atoms with Gasteiger partial charge in [-0.3, -0.25) is 9.78 Å². The summed E-state index contributed by atoms with van der Waals surface area (Å²) in [6, 6.07) is 26.7. The van der Waals surface area contributed by atoms with Crippen LogP contribution in [0.1, 0.15) is 69.8 Å². The van der Waals surface area contributed by atoms with Gasteiger partial charge >= 0.3 is 0 Å². The lowest BCUT2D eigenvalue weighted by molar-refractivity contribution is -0.253. The van der Waals surface area contributed by atoms with E-state index < -0.39 is 11.9 Å². The highest BCUT2D eigenvalue weighted by molar-refractivity contribution is 6.30. The second kappa shape index (κ2) is 14.2. The minimum atomic E-state index is -0.865. The van der Waals surface area contributed by atoms with Gasteiger partial charge in [-0.05, 0) is 59.4 Å². The number of benzene rings is 3. The number of aliphatic hydroxyl groups excluding tert-OH is 1. The normalized spacial score (nSPS) is 21.7. The zero-order valence-electron chi connectivity index (χ0n) is 25.0. The van der Waals surface area contributed by atoms with Crippen LogP contribution in [-0.2, 0) is 28.2 Å². The van der Waals surface area contributed by atoms with E-state index in [1.54, 1.807) is 24.5 Å². The fraction of sp³-hybridized carbons (Fsp3) is 0.333. The van der Waals surface area contributed by atoms with Gasteiger partial charge in [-0.25, -0.2) is 0 Å². The number of aliphatic hydroxyl groups is 2. The first-order chi connectivity index (χ1) is 21.9. The highest BCUT2D eigenvalue weighted by atomic mass is 35.5. The Bertz CT molecular complexity index is 1540. The lowest BCUT2D eigenvalue weighted by Gasteiger charge is -2.42. The average molecular weight is 628 g/mol. The second-order valence-electron chi connectivity index (χ2n) is 11.9. The van der Waals surface area contributed by atoms with E-state index in [1.807, 2.05) is 72.8 Å². The Balaban J connectivity index is 1.12. The Morgan fingerprint density at radius 1 is 0.933 bits per heavy atom. The number of nitrogens with one attached hydrogen (secondary N) is 1. The van der Waals surface area contributed by atoms with Gasteiger partial charge in [-0.2, -0.15) is 0 Å². The predicted molar refractivity (Wildman–Crippen MR) is 171 cm³/mol. The summed E-state index contributed by atoms with van der Waals surface area (Å²) in [5, 5.41) is 24.5. The molecule has 3 N–H and O–H groups in total. The molecular formula is C36H38ClN3O5. The standard InChI is InChI=1S/C36H38ClN3O5/c37-31-13-11-30(12-14-31)36(43)15-18-40(19-16-36)23-32-20-33(27-7-5-26(24-41)6-8-27)45-35(44-32)28-9-3-25(4-10-28)21-39-34(42)29-2-1-17-38-22-29/h1-14,17,22,32-33,35,41,43H,15-16,18-21,23-24H2,(H,39,42)/t32-,33+,35+/m0/s1. The zero-order chi connectivity index (χ0) is 31.2. The molecular weight excluding hydrogens is 590 g/mol. The molecule has 1 amide bonds. The zero-order valence-corrected chi connectivity index (χ0v) is 25.8. The number of ether oxygens (including phenoxy) is 2. The molecule has 3 heterocycles. The fourth-order valence-corrected chi connectivity index (χ4v) is 6.18. The summed E-state index contributed by atoms with van der Waals surface area (Å²) >= 11 is 6.07. The van der Waals surface area contributed by atoms with E-state index in [4.69, 9.17) is 21.1 Å². The highest BCUT2D eigenvalue weighted by Crippen LogP contribution is 2.39. The average Bonchev–Trinajstić information content (AvgIpc) is 3.09. The monoisotopic (exact) mass is 627 g/mol. The maximum Gasteiger partial charge on any atom is 0.253 e. The van der Waals surface area contributed by atoms with Gasteiger partial charge in [-0.1, -0.05) is 72.3 Å². The smallest absolute Gasteiger partial charge is 0.253 e. The maximum absolute atomic E-state index is 12.4. The quantitative estimate of drug-likeness (QED) is 0.219. The Morgan fingerprint density at radius 3 is 2.29 bits per heavy atom. The number of pyridine rings is 1. The summed E-state index contributed by atoms with van der Waals surface area (Å²) in [6.45, 7) is 2.60. The molecule has 2 aliphatic heterocycles. The Morgan fingerprint density at radius 2 is 1.62 bits per heavy atom. The van der Waals surface area contributed by atoms with Crippen LogP contribution < -0.4 is 5.32 Å². The van der Waals surface area contributed by atoms with Crippen LogP contribution >= 0.6 is 11.6 Å². The van der Waals surface area contributed by atoms with Crippen molar-refractivity contribution in [3.8, 4) is 0 Å². The Labute approximate surface area is 268 Å². The van der Waals surface area contributed by atoms with Crippen LogP contribution in [0.25, 0.3) is 0 Å². The van der Waals surface area contributed by atoms with E-state index in [2.05, 4.69) is 15.2 Å². The second-order valence-corrected chi connectivity index (χ2v) is 12.3. The molecule has 1 aromatic heterocycles. The van der Waals surface area contributed by atoms with Crippen LogP contribution in [0.3, 0.4) is 0 Å². The molecule has 3 aromatic carbocycles. The lowest BCUT2D eigenvalue weighted by atomic mass is 9.84. The highest BCUT2D eigenvalue weighted by Gasteiger charge is 2.37. The van der Waals surface area contributed by atoms with Crippen LogP contribution in [0.5, 0.6) is 0 Å². The van der Waals surface area contributed by atoms with Crippen molar-refractivity contribution < 1.29 is 24.5 Å². The van der Waals surface area contributed by atoms with E-state index in [9.17, 15) is 15.0 Å². The van der Waals surface area contributed by atoms with Crippen LogP contribution in [-0.4, -0.2) is 51.7 Å². The molecule has 9 heteroatoms. The molecule has 0 saturated carbocycles. The van der Waals surface area contributed by atoms with Gasteiger partial charge in [0.25, 0.3) is 5.91 Å². The molecule has 8 nitrogen and oxygen atoms in total. The van der Waals surface area contributed by atoms with E-state index in [-0.39, 0.29) is 24.7 Å². The number of halogens is 1. The van der Waals surface area contributed by atoms with Gasteiger partial charge in [0.15, 0.2) is 6.29 Å². The third-order valence-corrected chi connectivity index (χ3v) is 9.02. The SMILES string of the molecule is O=C(NCc1ccc([C@@H]2O[C@H](CN3CCC(O)(c4ccc(Cl)cc4)CC3)C[C@H](c3ccc(CO)cc3)O2)cc1)c1cccnc1. The van der Waals surface area contributed by atoms with Gasteiger partial charge in [0.2, 0.25) is 0 Å². The third-order valence-electron chi connectivity index (χ3n) is 8.77. The first-order valence-electron chi connectivity index (χ1n) is 15.4. The van der Waals surface area contributed by atoms with Crippen molar-refractivity contribution in [1.82, 2.24) is 15.2 Å². The predicted octanol–water partition coefficient (Wildman–Crippen LogP) is 5.69. The van der Waals surface area contributed by atoms with Gasteiger partial charge in [0.1, 0.15) is 0 Å². The van der Waals surface area contributed by atoms with Crippen molar-refractivity contribution in [2.24, 2.45) is 0 Å². The molecule has 0 spiro atoms. The van der Waals surface area contributed by atoms with E-state index in [0.29, 0.717) is 36.4 Å². The van der Waals surface area contributed by atoms with E-state index in [1.165, 1.54) is 0 Å². The molecule has 0 bridgehead atoms. The van der Waals surface area contributed by atoms with Gasteiger partial charge in [0, 0.05) is 55.6 Å². The minimum absolute atomic E-state index is 0.00741. The number of nitrogens with zero attached hydrogens (tertiary/aromatic N) is 2. The Kier molecular flexibility index (Phi) is 9.90. The molecule has 0 radical (unpaired) electrons. The summed E-state index contributed by atoms with van der Waals surface area (Å²) in [5.74, 6) is -0.173. The minimum Gasteiger partial charge on any atom is -0.392 e. The fourth-order valence-electron chi connectivity index (χ4n) is 6.05. The van der Waals surface area contributed by atoms with Crippen LogP contribution in [0.15, 0.2) is 97.3 Å². The van der Waals surface area contributed by atoms with Crippen LogP contribution in [0.2, 0.25) is 5.02 Å². The van der Waals surface area contributed by atoms with Gasteiger partial charge in [0.05, 0.1) is 30.0 Å². The van der Waals surface area contributed by atoms with Crippen molar-refractivity contribution >= 4 is 17.5 Å². The molecule has 6 rings (SSSR count). The van der Waals surface area contributed by atoms with Crippen molar-refractivity contribution in [1.29, 1.82) is 0 Å². The first-order valence-corrected chi connectivity index (χ1v) is 15.7. The maximum atomic E-state index is 12.4. The van der Waals surface area contributed by atoms with E-state index in [0.717, 1.165) is 47.5 Å². The number of piperidine rings is 1. The molecule has 3 atom stereocenters. The Hall–Kier alpha value is -3.63. The molecule has 0 unspecified atom stereocenters. The molecule has 4 aromatic rings. The number of carbonyl (C=O) groups is 1. The first kappa shape index (κ1) is 31.4. The topological polar surface area (TPSA) is 104 Å². The molecule has 2 aliphatic rings. The van der Waals surface area contributed by atoms with Gasteiger partial charge in [-0.15, -0.1) is 0 Å². The van der Waals surface area contributed by atoms with Crippen LogP contribution in [0.4, 0.5) is 0 Å². The summed E-state index contributed by atoms with van der Waals surface area (Å²) in [5.41, 5.74) is 4.31. The molecule has 0 aliphatic carbocycles. The molecule has 2 saturated heterocycles. The number of hydrogen-bond acceptors (Lipinski definition) is 7.